The number of rotatable bonds is 2. The molecule has 2 heterocycles. The molecule has 0 N–H and O–H groups in total. The molecule has 1 aromatic carbocycles. The van der Waals surface area contributed by atoms with Gasteiger partial charge >= 0.3 is 0 Å². The molecule has 0 atom stereocenters. The van der Waals surface area contributed by atoms with E-state index >= 15 is 0 Å². The number of hydrogen-bond donors (Lipinski definition) is 0. The molecule has 90 valence electrons. The molecule has 18 heavy (non-hydrogen) atoms. The first-order chi connectivity index (χ1) is 8.77. The largest absolute Gasteiger partial charge is 0.245 e. The molecule has 0 aliphatic carbocycles. The maximum absolute atomic E-state index is 4.40. The van der Waals surface area contributed by atoms with Crippen LogP contribution in [0.15, 0.2) is 42.9 Å². The van der Waals surface area contributed by atoms with Gasteiger partial charge in [0.15, 0.2) is 5.65 Å². The number of fused-ring (bicyclic) bond motifs is 1. The molecule has 3 rings (SSSR count). The predicted molar refractivity (Wildman–Crippen MR) is 71.1 cm³/mol. The molecule has 0 aliphatic rings. The van der Waals surface area contributed by atoms with E-state index in [9.17, 15) is 0 Å². The lowest BCUT2D eigenvalue weighted by Crippen LogP contribution is -2.03. The Kier molecular flexibility index (Phi) is 2.55. The number of benzene rings is 1. The van der Waals surface area contributed by atoms with Gasteiger partial charge in [-0.3, -0.25) is 0 Å². The van der Waals surface area contributed by atoms with Crippen LogP contribution in [0.25, 0.3) is 22.3 Å². The first-order valence-electron chi connectivity index (χ1n) is 6.01. The van der Waals surface area contributed by atoms with Crippen molar-refractivity contribution >= 4 is 11.0 Å². The zero-order valence-electron chi connectivity index (χ0n) is 10.4. The summed E-state index contributed by atoms with van der Waals surface area (Å²) in [4.78, 5) is 8.72. The molecule has 4 nitrogen and oxygen atoms in total. The molecular weight excluding hydrogens is 224 g/mol. The standard InChI is InChI=1S/C14H14N4/c1-10(2)18-14-12(8-17-18)13(15-9-16-14)11-6-4-3-5-7-11/h3-10H,1-2H3. The third kappa shape index (κ3) is 1.66. The highest BCUT2D eigenvalue weighted by Gasteiger charge is 2.12. The Hall–Kier alpha value is -2.23. The molecule has 2 aromatic heterocycles. The van der Waals surface area contributed by atoms with Gasteiger partial charge in [-0.05, 0) is 13.8 Å². The van der Waals surface area contributed by atoms with E-state index in [1.54, 1.807) is 6.33 Å². The highest BCUT2D eigenvalue weighted by Crippen LogP contribution is 2.25. The molecule has 0 unspecified atom stereocenters. The van der Waals surface area contributed by atoms with Gasteiger partial charge in [-0.1, -0.05) is 30.3 Å². The van der Waals surface area contributed by atoms with Crippen LogP contribution in [0.3, 0.4) is 0 Å². The van der Waals surface area contributed by atoms with Crippen LogP contribution in [-0.4, -0.2) is 19.7 Å². The van der Waals surface area contributed by atoms with E-state index in [4.69, 9.17) is 0 Å². The quantitative estimate of drug-likeness (QED) is 0.689. The van der Waals surface area contributed by atoms with Gasteiger partial charge in [-0.2, -0.15) is 5.10 Å². The average Bonchev–Trinajstić information content (AvgIpc) is 2.83. The fourth-order valence-electron chi connectivity index (χ4n) is 2.07. The molecule has 0 radical (unpaired) electrons. The lowest BCUT2D eigenvalue weighted by atomic mass is 10.1. The lowest BCUT2D eigenvalue weighted by molar-refractivity contribution is 0.546. The molecule has 0 fully saturated rings. The summed E-state index contributed by atoms with van der Waals surface area (Å²) in [6.07, 6.45) is 3.45. The molecule has 3 aromatic rings. The van der Waals surface area contributed by atoms with Crippen molar-refractivity contribution in [2.75, 3.05) is 0 Å². The van der Waals surface area contributed by atoms with Gasteiger partial charge in [-0.15, -0.1) is 0 Å². The number of aromatic nitrogens is 4. The summed E-state index contributed by atoms with van der Waals surface area (Å²) in [6, 6.07) is 10.4. The van der Waals surface area contributed by atoms with Crippen LogP contribution in [0, 0.1) is 0 Å². The Morgan fingerprint density at radius 1 is 1.06 bits per heavy atom. The molecule has 0 saturated heterocycles. The fourth-order valence-corrected chi connectivity index (χ4v) is 2.07. The average molecular weight is 238 g/mol. The number of nitrogens with zero attached hydrogens (tertiary/aromatic N) is 4. The highest BCUT2D eigenvalue weighted by atomic mass is 15.3. The summed E-state index contributed by atoms with van der Waals surface area (Å²) in [5.41, 5.74) is 2.92. The second-order valence-electron chi connectivity index (χ2n) is 4.51. The maximum atomic E-state index is 4.40. The van der Waals surface area contributed by atoms with Crippen molar-refractivity contribution in [3.63, 3.8) is 0 Å². The molecular formula is C14H14N4. The van der Waals surface area contributed by atoms with Crippen molar-refractivity contribution in [1.29, 1.82) is 0 Å². The van der Waals surface area contributed by atoms with Gasteiger partial charge in [0.25, 0.3) is 0 Å². The summed E-state index contributed by atoms with van der Waals surface area (Å²) in [5, 5.41) is 5.39. The Labute approximate surface area is 105 Å². The van der Waals surface area contributed by atoms with Gasteiger partial charge in [0.2, 0.25) is 0 Å². The zero-order chi connectivity index (χ0) is 12.5. The lowest BCUT2D eigenvalue weighted by Gasteiger charge is -2.06. The SMILES string of the molecule is CC(C)n1ncc2c(-c3ccccc3)ncnc21. The normalized spacial score (nSPS) is 11.3. The van der Waals surface area contributed by atoms with Crippen molar-refractivity contribution in [3.05, 3.63) is 42.9 Å². The second kappa shape index (κ2) is 4.22. The summed E-state index contributed by atoms with van der Waals surface area (Å²) in [6.45, 7) is 4.19. The predicted octanol–water partition coefficient (Wildman–Crippen LogP) is 3.07. The van der Waals surface area contributed by atoms with Crippen molar-refractivity contribution in [2.24, 2.45) is 0 Å². The highest BCUT2D eigenvalue weighted by molar-refractivity contribution is 5.89. The van der Waals surface area contributed by atoms with Crippen molar-refractivity contribution in [2.45, 2.75) is 19.9 Å². The summed E-state index contributed by atoms with van der Waals surface area (Å²) in [7, 11) is 0. The van der Waals surface area contributed by atoms with E-state index in [0.29, 0.717) is 6.04 Å². The first kappa shape index (κ1) is 10.9. The summed E-state index contributed by atoms with van der Waals surface area (Å²) < 4.78 is 1.92. The fraction of sp³-hybridized carbons (Fsp3) is 0.214. The van der Waals surface area contributed by atoms with E-state index in [0.717, 1.165) is 22.3 Å². The molecule has 0 aliphatic heterocycles. The van der Waals surface area contributed by atoms with E-state index in [1.807, 2.05) is 29.1 Å². The summed E-state index contributed by atoms with van der Waals surface area (Å²) in [5.74, 6) is 0. The Bertz CT molecular complexity index is 671. The van der Waals surface area contributed by atoms with Crippen LogP contribution in [0.2, 0.25) is 0 Å². The van der Waals surface area contributed by atoms with Gasteiger partial charge < -0.3 is 0 Å². The van der Waals surface area contributed by atoms with E-state index in [2.05, 4.69) is 41.0 Å². The summed E-state index contributed by atoms with van der Waals surface area (Å²) >= 11 is 0. The van der Waals surface area contributed by atoms with E-state index in [-0.39, 0.29) is 0 Å². The molecule has 0 spiro atoms. The van der Waals surface area contributed by atoms with E-state index < -0.39 is 0 Å². The Morgan fingerprint density at radius 3 is 2.56 bits per heavy atom. The van der Waals surface area contributed by atoms with Crippen LogP contribution >= 0.6 is 0 Å². The molecule has 4 heteroatoms. The van der Waals surface area contributed by atoms with E-state index in [1.165, 1.54) is 0 Å². The Morgan fingerprint density at radius 2 is 1.83 bits per heavy atom. The number of hydrogen-bond acceptors (Lipinski definition) is 3. The van der Waals surface area contributed by atoms with Crippen molar-refractivity contribution in [3.8, 4) is 11.3 Å². The zero-order valence-corrected chi connectivity index (χ0v) is 10.4. The monoisotopic (exact) mass is 238 g/mol. The van der Waals surface area contributed by atoms with Crippen molar-refractivity contribution < 1.29 is 0 Å². The first-order valence-corrected chi connectivity index (χ1v) is 6.01. The van der Waals surface area contributed by atoms with Gasteiger partial charge in [-0.25, -0.2) is 14.6 Å². The van der Waals surface area contributed by atoms with Crippen LogP contribution in [0.5, 0.6) is 0 Å². The van der Waals surface area contributed by atoms with Gasteiger partial charge in [0.05, 0.1) is 17.3 Å². The van der Waals surface area contributed by atoms with Crippen LogP contribution in [0.4, 0.5) is 0 Å². The minimum atomic E-state index is 0.293. The second-order valence-corrected chi connectivity index (χ2v) is 4.51. The van der Waals surface area contributed by atoms with Crippen LogP contribution in [-0.2, 0) is 0 Å². The smallest absolute Gasteiger partial charge is 0.162 e. The third-order valence-electron chi connectivity index (χ3n) is 2.93. The molecule has 0 bridgehead atoms. The maximum Gasteiger partial charge on any atom is 0.162 e. The van der Waals surface area contributed by atoms with Crippen LogP contribution in [0.1, 0.15) is 19.9 Å². The topological polar surface area (TPSA) is 43.6 Å². The van der Waals surface area contributed by atoms with Gasteiger partial charge in [0.1, 0.15) is 6.33 Å². The van der Waals surface area contributed by atoms with Gasteiger partial charge in [0, 0.05) is 11.6 Å². The minimum absolute atomic E-state index is 0.293. The third-order valence-corrected chi connectivity index (χ3v) is 2.93. The molecule has 0 amide bonds. The Balaban J connectivity index is 2.26. The van der Waals surface area contributed by atoms with Crippen LogP contribution < -0.4 is 0 Å². The molecule has 0 saturated carbocycles. The van der Waals surface area contributed by atoms with Crippen molar-refractivity contribution in [1.82, 2.24) is 19.7 Å². The minimum Gasteiger partial charge on any atom is -0.245 e.